The number of alkyl halides is 2. The summed E-state index contributed by atoms with van der Waals surface area (Å²) < 4.78 is 60.6. The van der Waals surface area contributed by atoms with Crippen LogP contribution in [0.3, 0.4) is 0 Å². The summed E-state index contributed by atoms with van der Waals surface area (Å²) in [5, 5.41) is 6.14. The van der Waals surface area contributed by atoms with Crippen molar-refractivity contribution in [2.24, 2.45) is 23.7 Å². The highest BCUT2D eigenvalue weighted by Crippen LogP contribution is 2.58. The maximum atomic E-state index is 13.1. The van der Waals surface area contributed by atoms with Gasteiger partial charge in [0.15, 0.2) is 0 Å². The molecule has 0 aliphatic heterocycles. The highest BCUT2D eigenvalue weighted by Gasteiger charge is 2.54. The monoisotopic (exact) mass is 326 g/mol. The first kappa shape index (κ1) is 15.6. The molecule has 4 fully saturated rings. The van der Waals surface area contributed by atoms with Crippen LogP contribution in [-0.2, 0) is 14.9 Å². The van der Waals surface area contributed by atoms with Gasteiger partial charge in [-0.25, -0.2) is 0 Å². The number of hydrogen-bond acceptors (Lipinski definition) is 4. The maximum Gasteiger partial charge on any atom is 0.392 e. The smallest absolute Gasteiger partial charge is 0.390 e. The van der Waals surface area contributed by atoms with E-state index in [2.05, 4.69) is 0 Å². The maximum absolute atomic E-state index is 13.1. The summed E-state index contributed by atoms with van der Waals surface area (Å²) in [6.45, 7) is -1.27. The molecule has 5 nitrogen and oxygen atoms in total. The van der Waals surface area contributed by atoms with Crippen LogP contribution in [0.25, 0.3) is 0 Å². The minimum absolute atomic E-state index is 0.0588. The lowest BCUT2D eigenvalue weighted by Gasteiger charge is -2.58. The van der Waals surface area contributed by atoms with E-state index in [1.165, 1.54) is 0 Å². The molecule has 0 radical (unpaired) electrons. The zero-order valence-corrected chi connectivity index (χ0v) is 12.4. The number of aliphatic hydroxyl groups is 1. The quantitative estimate of drug-likeness (QED) is 0.751. The van der Waals surface area contributed by atoms with Gasteiger partial charge in [0, 0.05) is 0 Å². The van der Waals surface area contributed by atoms with Gasteiger partial charge in [0.05, 0.1) is 12.2 Å². The molecule has 4 saturated carbocycles. The van der Waals surface area contributed by atoms with E-state index in [4.69, 9.17) is 9.29 Å². The van der Waals surface area contributed by atoms with E-state index in [-0.39, 0.29) is 24.4 Å². The van der Waals surface area contributed by atoms with E-state index >= 15 is 0 Å². The predicted molar refractivity (Wildman–Crippen MR) is 69.3 cm³/mol. The number of rotatable bonds is 5. The first-order valence-electron chi connectivity index (χ1n) is 7.25. The minimum atomic E-state index is -5.43. The molecule has 4 aliphatic carbocycles. The van der Waals surface area contributed by atoms with Crippen molar-refractivity contribution in [2.45, 2.75) is 43.0 Å². The van der Waals surface area contributed by atoms with Gasteiger partial charge in [0.25, 0.3) is 0 Å². The molecule has 2 unspecified atom stereocenters. The predicted octanol–water partition coefficient (Wildman–Crippen LogP) is 1.67. The van der Waals surface area contributed by atoms with E-state index in [1.807, 2.05) is 0 Å². The summed E-state index contributed by atoms with van der Waals surface area (Å²) in [5.74, 6) is 1.14. The second kappa shape index (κ2) is 4.84. The molecule has 2 atom stereocenters. The van der Waals surface area contributed by atoms with Gasteiger partial charge in [-0.05, 0) is 55.8 Å². The average Bonchev–Trinajstić information content (AvgIpc) is 2.29. The Kier molecular flexibility index (Phi) is 3.59. The SMILES string of the molecule is O=S(=O)(O)C(F)(F)COCC1C2CC3CC1CC(O)(C3)C2. The van der Waals surface area contributed by atoms with Crippen LogP contribution in [-0.4, -0.2) is 42.1 Å². The van der Waals surface area contributed by atoms with Crippen LogP contribution >= 0.6 is 0 Å². The lowest BCUT2D eigenvalue weighted by Crippen LogP contribution is -2.55. The molecule has 122 valence electrons. The summed E-state index contributed by atoms with van der Waals surface area (Å²) in [4.78, 5) is 0. The molecule has 0 amide bonds. The number of halogens is 2. The highest BCUT2D eigenvalue weighted by molar-refractivity contribution is 7.86. The molecular weight excluding hydrogens is 306 g/mol. The molecule has 21 heavy (non-hydrogen) atoms. The molecule has 0 aromatic carbocycles. The molecule has 0 aromatic heterocycles. The Hall–Kier alpha value is -0.310. The van der Waals surface area contributed by atoms with Crippen molar-refractivity contribution in [1.29, 1.82) is 0 Å². The van der Waals surface area contributed by atoms with Crippen LogP contribution in [0.15, 0.2) is 0 Å². The van der Waals surface area contributed by atoms with Gasteiger partial charge in [-0.15, -0.1) is 0 Å². The van der Waals surface area contributed by atoms with Crippen molar-refractivity contribution in [1.82, 2.24) is 0 Å². The third kappa shape index (κ3) is 2.83. The fourth-order valence-electron chi connectivity index (χ4n) is 4.75. The molecule has 4 aliphatic rings. The van der Waals surface area contributed by atoms with Gasteiger partial charge in [-0.2, -0.15) is 17.2 Å². The Labute approximate surface area is 122 Å². The molecule has 2 N–H and O–H groups in total. The number of hydrogen-bond donors (Lipinski definition) is 2. The van der Waals surface area contributed by atoms with Crippen molar-refractivity contribution in [3.8, 4) is 0 Å². The van der Waals surface area contributed by atoms with Crippen molar-refractivity contribution in [3.63, 3.8) is 0 Å². The Bertz CT molecular complexity index is 505. The summed E-state index contributed by atoms with van der Waals surface area (Å²) in [6.07, 6.45) is 4.18. The largest absolute Gasteiger partial charge is 0.392 e. The fourth-order valence-corrected chi connectivity index (χ4v) is 4.98. The Balaban J connectivity index is 1.58. The van der Waals surface area contributed by atoms with Gasteiger partial charge in [-0.1, -0.05) is 0 Å². The normalized spacial score (nSPS) is 42.5. The van der Waals surface area contributed by atoms with Crippen LogP contribution in [0.2, 0.25) is 0 Å². The van der Waals surface area contributed by atoms with E-state index in [0.29, 0.717) is 18.8 Å². The summed E-state index contributed by atoms with van der Waals surface area (Å²) >= 11 is 0. The summed E-state index contributed by atoms with van der Waals surface area (Å²) in [5.41, 5.74) is -0.592. The minimum Gasteiger partial charge on any atom is -0.390 e. The van der Waals surface area contributed by atoms with E-state index in [9.17, 15) is 22.3 Å². The fraction of sp³-hybridized carbons (Fsp3) is 1.00. The molecule has 0 heterocycles. The third-order valence-corrected chi connectivity index (χ3v) is 6.27. The molecule has 0 aromatic rings. The van der Waals surface area contributed by atoms with Gasteiger partial charge >= 0.3 is 15.4 Å². The van der Waals surface area contributed by atoms with Gasteiger partial charge in [-0.3, -0.25) is 4.55 Å². The first-order chi connectivity index (χ1) is 9.60. The Morgan fingerprint density at radius 1 is 1.19 bits per heavy atom. The highest BCUT2D eigenvalue weighted by atomic mass is 32.2. The lowest BCUT2D eigenvalue weighted by molar-refractivity contribution is -0.167. The van der Waals surface area contributed by atoms with Crippen LogP contribution in [0.5, 0.6) is 0 Å². The van der Waals surface area contributed by atoms with Crippen LogP contribution in [0.1, 0.15) is 32.1 Å². The first-order valence-corrected chi connectivity index (χ1v) is 8.69. The summed E-state index contributed by atoms with van der Waals surface area (Å²) in [6, 6.07) is 0. The zero-order chi connectivity index (χ0) is 15.5. The second-order valence-electron chi connectivity index (χ2n) is 6.99. The molecule has 8 heteroatoms. The second-order valence-corrected chi connectivity index (χ2v) is 8.53. The molecular formula is C13H20F2O5S. The zero-order valence-electron chi connectivity index (χ0n) is 11.5. The van der Waals surface area contributed by atoms with Gasteiger partial charge < -0.3 is 9.84 Å². The molecule has 4 rings (SSSR count). The van der Waals surface area contributed by atoms with Gasteiger partial charge in [0.1, 0.15) is 6.61 Å². The van der Waals surface area contributed by atoms with Crippen molar-refractivity contribution in [2.75, 3.05) is 13.2 Å². The van der Waals surface area contributed by atoms with Crippen LogP contribution in [0, 0.1) is 23.7 Å². The van der Waals surface area contributed by atoms with E-state index in [1.54, 1.807) is 0 Å². The van der Waals surface area contributed by atoms with E-state index < -0.39 is 27.6 Å². The third-order valence-electron chi connectivity index (χ3n) is 5.39. The van der Waals surface area contributed by atoms with Crippen LogP contribution in [0.4, 0.5) is 8.78 Å². The average molecular weight is 326 g/mol. The topological polar surface area (TPSA) is 83.8 Å². The standard InChI is InChI=1S/C13H20F2O5S/c14-13(15,21(17,18)19)7-20-6-11-9-1-8-2-10(11)5-12(16,3-8)4-9/h8-11,16H,1-7H2,(H,17,18,19). The number of ether oxygens (including phenoxy) is 1. The van der Waals surface area contributed by atoms with Crippen molar-refractivity contribution in [3.05, 3.63) is 0 Å². The van der Waals surface area contributed by atoms with E-state index in [0.717, 1.165) is 19.3 Å². The molecule has 4 bridgehead atoms. The Morgan fingerprint density at radius 2 is 1.76 bits per heavy atom. The Morgan fingerprint density at radius 3 is 2.24 bits per heavy atom. The van der Waals surface area contributed by atoms with Crippen molar-refractivity contribution >= 4 is 10.1 Å². The van der Waals surface area contributed by atoms with Crippen LogP contribution < -0.4 is 0 Å². The van der Waals surface area contributed by atoms with Crippen molar-refractivity contribution < 1.29 is 31.6 Å². The lowest BCUT2D eigenvalue weighted by atomic mass is 9.50. The van der Waals surface area contributed by atoms with Gasteiger partial charge in [0.2, 0.25) is 0 Å². The summed E-state index contributed by atoms with van der Waals surface area (Å²) in [7, 11) is -5.43. The molecule has 0 spiro atoms. The molecule has 0 saturated heterocycles.